The lowest BCUT2D eigenvalue weighted by molar-refractivity contribution is 0.627. The van der Waals surface area contributed by atoms with Crippen molar-refractivity contribution in [1.29, 1.82) is 0 Å². The van der Waals surface area contributed by atoms with Crippen LogP contribution in [0.4, 0.5) is 0 Å². The van der Waals surface area contributed by atoms with Crippen LogP contribution in [0.1, 0.15) is 27.7 Å². The summed E-state index contributed by atoms with van der Waals surface area (Å²) in [7, 11) is 0. The molecule has 0 rings (SSSR count). The van der Waals surface area contributed by atoms with Gasteiger partial charge in [0.1, 0.15) is 0 Å². The zero-order valence-electron chi connectivity index (χ0n) is 6.15. The van der Waals surface area contributed by atoms with Gasteiger partial charge in [-0.25, -0.2) is 0 Å². The molecule has 0 saturated carbocycles. The average Bonchev–Trinajstić information content (AvgIpc) is 1.64. The fourth-order valence-corrected chi connectivity index (χ4v) is 0.667. The van der Waals surface area contributed by atoms with E-state index in [1.165, 1.54) is 0 Å². The Kier molecular flexibility index (Phi) is 2.81. The molecular formula is C8H14. The van der Waals surface area contributed by atoms with Crippen LogP contribution in [-0.4, -0.2) is 0 Å². The molecule has 8 heavy (non-hydrogen) atoms. The first-order valence-corrected chi connectivity index (χ1v) is 3.14. The molecule has 0 heteroatoms. The van der Waals surface area contributed by atoms with E-state index in [4.69, 9.17) is 6.58 Å². The molecule has 0 bridgehead atoms. The Hall–Kier alpha value is -0.260. The first-order valence-electron chi connectivity index (χ1n) is 3.14. The van der Waals surface area contributed by atoms with E-state index in [2.05, 4.69) is 27.7 Å². The van der Waals surface area contributed by atoms with Crippen molar-refractivity contribution in [3.63, 3.8) is 0 Å². The minimum absolute atomic E-state index is 0.426. The predicted octanol–water partition coefficient (Wildman–Crippen LogP) is 2.53. The summed E-state index contributed by atoms with van der Waals surface area (Å²) in [6.07, 6.45) is 0. The first kappa shape index (κ1) is 7.74. The van der Waals surface area contributed by atoms with Crippen LogP contribution in [0.3, 0.4) is 0 Å². The average molecular weight is 110 g/mol. The Morgan fingerprint density at radius 1 is 1.00 bits per heavy atom. The van der Waals surface area contributed by atoms with Crippen molar-refractivity contribution in [2.45, 2.75) is 27.7 Å². The van der Waals surface area contributed by atoms with Crippen molar-refractivity contribution >= 4 is 0 Å². The smallest absolute Gasteiger partial charge is 0.0102 e. The molecule has 0 aromatic heterocycles. The second-order valence-electron chi connectivity index (χ2n) is 2.76. The Morgan fingerprint density at radius 3 is 1.25 bits per heavy atom. The van der Waals surface area contributed by atoms with Crippen LogP contribution in [0, 0.1) is 18.4 Å². The highest BCUT2D eigenvalue weighted by atomic mass is 14.1. The van der Waals surface area contributed by atoms with Crippen molar-refractivity contribution in [1.82, 2.24) is 0 Å². The lowest BCUT2D eigenvalue weighted by Crippen LogP contribution is -1.99. The maximum absolute atomic E-state index is 7.40. The molecule has 2 radical (unpaired) electrons. The zero-order valence-corrected chi connectivity index (χ0v) is 6.15. The van der Waals surface area contributed by atoms with Crippen molar-refractivity contribution in [3.05, 3.63) is 12.2 Å². The molecule has 0 N–H and O–H groups in total. The third-order valence-electron chi connectivity index (χ3n) is 1.24. The Bertz CT molecular complexity index is 68.0. The molecule has 0 aliphatic heterocycles. The normalized spacial score (nSPS) is 10.8. The predicted molar refractivity (Wildman–Crippen MR) is 36.4 cm³/mol. The molecule has 0 amide bonds. The van der Waals surface area contributed by atoms with Gasteiger partial charge in [0.2, 0.25) is 0 Å². The summed E-state index contributed by atoms with van der Waals surface area (Å²) in [5.41, 5.74) is 0.852. The highest BCUT2D eigenvalue weighted by molar-refractivity contribution is 4.97. The zero-order chi connectivity index (χ0) is 6.73. The topological polar surface area (TPSA) is 0 Å². The lowest BCUT2D eigenvalue weighted by atomic mass is 9.95. The van der Waals surface area contributed by atoms with Crippen LogP contribution >= 0.6 is 0 Å². The number of hydrogen-bond donors (Lipinski definition) is 0. The highest BCUT2D eigenvalue weighted by Crippen LogP contribution is 2.15. The van der Waals surface area contributed by atoms with Crippen molar-refractivity contribution in [3.8, 4) is 0 Å². The molecule has 0 atom stereocenters. The van der Waals surface area contributed by atoms with Crippen molar-refractivity contribution in [2.75, 3.05) is 0 Å². The molecule has 0 aromatic rings. The van der Waals surface area contributed by atoms with E-state index in [0.29, 0.717) is 11.8 Å². The maximum Gasteiger partial charge on any atom is -0.0102 e. The molecule has 0 aromatic carbocycles. The van der Waals surface area contributed by atoms with E-state index in [1.54, 1.807) is 0 Å². The molecule has 46 valence electrons. The Morgan fingerprint density at radius 2 is 1.25 bits per heavy atom. The maximum atomic E-state index is 7.40. The molecule has 0 heterocycles. The van der Waals surface area contributed by atoms with E-state index < -0.39 is 0 Å². The van der Waals surface area contributed by atoms with Crippen LogP contribution in [0.15, 0.2) is 5.57 Å². The van der Waals surface area contributed by atoms with Gasteiger partial charge in [0.25, 0.3) is 0 Å². The van der Waals surface area contributed by atoms with Crippen molar-refractivity contribution < 1.29 is 0 Å². The molecule has 0 aliphatic rings. The van der Waals surface area contributed by atoms with Gasteiger partial charge in [-0.05, 0) is 18.4 Å². The van der Waals surface area contributed by atoms with Gasteiger partial charge in [0, 0.05) is 0 Å². The van der Waals surface area contributed by atoms with Gasteiger partial charge in [-0.15, -0.1) is 0 Å². The number of rotatable bonds is 2. The van der Waals surface area contributed by atoms with Gasteiger partial charge >= 0.3 is 0 Å². The van der Waals surface area contributed by atoms with Crippen LogP contribution in [0.2, 0.25) is 0 Å². The van der Waals surface area contributed by atoms with Gasteiger partial charge in [-0.2, -0.15) is 0 Å². The van der Waals surface area contributed by atoms with Crippen LogP contribution in [0.25, 0.3) is 0 Å². The standard InChI is InChI=1S/C8H14/c1-6(2)8(5)7(3)4/h6-7H,1-4H3. The van der Waals surface area contributed by atoms with E-state index in [9.17, 15) is 0 Å². The summed E-state index contributed by atoms with van der Waals surface area (Å²) in [4.78, 5) is 0. The quantitative estimate of drug-likeness (QED) is 0.512. The minimum Gasteiger partial charge on any atom is -0.0590 e. The third-order valence-corrected chi connectivity index (χ3v) is 1.24. The van der Waals surface area contributed by atoms with Gasteiger partial charge < -0.3 is 0 Å². The fourth-order valence-electron chi connectivity index (χ4n) is 0.667. The van der Waals surface area contributed by atoms with E-state index in [1.807, 2.05) is 0 Å². The van der Waals surface area contributed by atoms with Gasteiger partial charge in [0.05, 0.1) is 0 Å². The largest absolute Gasteiger partial charge is 0.0590 e. The molecule has 0 aliphatic carbocycles. The Labute approximate surface area is 52.6 Å². The minimum atomic E-state index is 0.426. The van der Waals surface area contributed by atoms with Gasteiger partial charge in [0.15, 0.2) is 0 Å². The summed E-state index contributed by atoms with van der Waals surface area (Å²) >= 11 is 0. The van der Waals surface area contributed by atoms with Crippen LogP contribution in [0.5, 0.6) is 0 Å². The lowest BCUT2D eigenvalue weighted by Gasteiger charge is -2.10. The summed E-state index contributed by atoms with van der Waals surface area (Å²) in [5, 5.41) is 0. The fraction of sp³-hybridized carbons (Fsp3) is 0.750. The third kappa shape index (κ3) is 2.15. The molecule has 0 fully saturated rings. The molecular weight excluding hydrogens is 96.1 g/mol. The number of allylic oxidation sites excluding steroid dienone is 1. The van der Waals surface area contributed by atoms with Gasteiger partial charge in [-0.3, -0.25) is 0 Å². The first-order chi connectivity index (χ1) is 3.55. The monoisotopic (exact) mass is 110 g/mol. The van der Waals surface area contributed by atoms with Gasteiger partial charge in [-0.1, -0.05) is 33.3 Å². The summed E-state index contributed by atoms with van der Waals surface area (Å²) in [6.45, 7) is 15.6. The second-order valence-corrected chi connectivity index (χ2v) is 2.76. The summed E-state index contributed by atoms with van der Waals surface area (Å²) < 4.78 is 0. The molecule has 0 nitrogen and oxygen atoms in total. The molecule has 0 unspecified atom stereocenters. The summed E-state index contributed by atoms with van der Waals surface area (Å²) in [6, 6.07) is 0. The van der Waals surface area contributed by atoms with E-state index in [-0.39, 0.29) is 0 Å². The van der Waals surface area contributed by atoms with Crippen LogP contribution in [-0.2, 0) is 0 Å². The summed E-state index contributed by atoms with van der Waals surface area (Å²) in [5.74, 6) is 0.852. The van der Waals surface area contributed by atoms with E-state index >= 15 is 0 Å². The number of hydrogen-bond acceptors (Lipinski definition) is 0. The van der Waals surface area contributed by atoms with E-state index in [0.717, 1.165) is 5.57 Å². The highest BCUT2D eigenvalue weighted by Gasteiger charge is 2.03. The Balaban J connectivity index is 3.65. The molecule has 0 saturated heterocycles. The second kappa shape index (κ2) is 2.91. The van der Waals surface area contributed by atoms with Crippen LogP contribution < -0.4 is 0 Å². The van der Waals surface area contributed by atoms with Crippen molar-refractivity contribution in [2.24, 2.45) is 11.8 Å². The molecule has 0 spiro atoms. The SMILES string of the molecule is [C]=C(C(C)C)C(C)C.